The molecular formula is C8H6N4O2. The highest BCUT2D eigenvalue weighted by molar-refractivity contribution is 5.94. The van der Waals surface area contributed by atoms with Crippen LogP contribution in [-0.4, -0.2) is 31.2 Å². The van der Waals surface area contributed by atoms with Crippen LogP contribution in [0.15, 0.2) is 24.9 Å². The average molecular weight is 190 g/mol. The number of carboxylic acids is 1. The van der Waals surface area contributed by atoms with Gasteiger partial charge < -0.3 is 5.11 Å². The second-order valence-electron chi connectivity index (χ2n) is 2.59. The largest absolute Gasteiger partial charge is 0.478 e. The van der Waals surface area contributed by atoms with Crippen molar-refractivity contribution in [2.24, 2.45) is 0 Å². The summed E-state index contributed by atoms with van der Waals surface area (Å²) in [4.78, 5) is 18.3. The Bertz CT molecular complexity index is 451. The van der Waals surface area contributed by atoms with Crippen LogP contribution < -0.4 is 0 Å². The monoisotopic (exact) mass is 190 g/mol. The molecule has 0 fully saturated rings. The molecular weight excluding hydrogens is 184 g/mol. The van der Waals surface area contributed by atoms with Crippen LogP contribution in [0.25, 0.3) is 11.3 Å². The van der Waals surface area contributed by atoms with Gasteiger partial charge in [0.05, 0.1) is 11.9 Å². The number of rotatable bonds is 2. The van der Waals surface area contributed by atoms with Gasteiger partial charge in [0.1, 0.15) is 11.9 Å². The highest BCUT2D eigenvalue weighted by atomic mass is 16.4. The first kappa shape index (κ1) is 8.36. The molecule has 6 nitrogen and oxygen atoms in total. The first-order valence-corrected chi connectivity index (χ1v) is 3.81. The van der Waals surface area contributed by atoms with E-state index in [1.807, 2.05) is 0 Å². The minimum atomic E-state index is -1.03. The summed E-state index contributed by atoms with van der Waals surface area (Å²) in [5.41, 5.74) is 1.13. The Kier molecular flexibility index (Phi) is 1.94. The molecule has 0 aliphatic carbocycles. The van der Waals surface area contributed by atoms with Crippen molar-refractivity contribution < 1.29 is 9.90 Å². The number of hydrogen-bond donors (Lipinski definition) is 2. The van der Waals surface area contributed by atoms with E-state index in [-0.39, 0.29) is 5.56 Å². The molecule has 2 aromatic rings. The van der Waals surface area contributed by atoms with Gasteiger partial charge in [0, 0.05) is 18.0 Å². The predicted octanol–water partition coefficient (Wildman–Crippen LogP) is 0.565. The lowest BCUT2D eigenvalue weighted by atomic mass is 10.1. The Morgan fingerprint density at radius 1 is 1.29 bits per heavy atom. The van der Waals surface area contributed by atoms with Crippen molar-refractivity contribution in [3.05, 3.63) is 30.5 Å². The second kappa shape index (κ2) is 3.25. The van der Waals surface area contributed by atoms with Crippen LogP contribution in [0.4, 0.5) is 0 Å². The highest BCUT2D eigenvalue weighted by Gasteiger charge is 2.13. The maximum atomic E-state index is 10.8. The van der Waals surface area contributed by atoms with E-state index < -0.39 is 5.97 Å². The van der Waals surface area contributed by atoms with Crippen LogP contribution in [-0.2, 0) is 0 Å². The van der Waals surface area contributed by atoms with Crippen LogP contribution in [0, 0.1) is 0 Å². The van der Waals surface area contributed by atoms with Gasteiger partial charge >= 0.3 is 5.97 Å². The standard InChI is InChI=1S/C8H6N4O2/c13-8(14)6-3-11-12-7(6)5-1-9-4-10-2-5/h1-4H,(H,11,12)(H,13,14). The topological polar surface area (TPSA) is 91.8 Å². The van der Waals surface area contributed by atoms with E-state index in [0.717, 1.165) is 0 Å². The average Bonchev–Trinajstić information content (AvgIpc) is 2.67. The molecule has 0 bridgehead atoms. The molecule has 2 rings (SSSR count). The first-order valence-electron chi connectivity index (χ1n) is 3.81. The molecule has 0 spiro atoms. The van der Waals surface area contributed by atoms with Crippen LogP contribution in [0.3, 0.4) is 0 Å². The van der Waals surface area contributed by atoms with Crippen LogP contribution in [0.5, 0.6) is 0 Å². The van der Waals surface area contributed by atoms with E-state index in [1.54, 1.807) is 0 Å². The molecule has 0 unspecified atom stereocenters. The zero-order chi connectivity index (χ0) is 9.97. The van der Waals surface area contributed by atoms with E-state index >= 15 is 0 Å². The number of carbonyl (C=O) groups is 1. The summed E-state index contributed by atoms with van der Waals surface area (Å²) < 4.78 is 0. The number of H-pyrrole nitrogens is 1. The van der Waals surface area contributed by atoms with Crippen LogP contribution in [0.1, 0.15) is 10.4 Å². The number of aromatic nitrogens is 4. The van der Waals surface area contributed by atoms with Crippen molar-refractivity contribution in [3.8, 4) is 11.3 Å². The minimum absolute atomic E-state index is 0.111. The zero-order valence-corrected chi connectivity index (χ0v) is 7.01. The third kappa shape index (κ3) is 1.33. The number of nitrogens with zero attached hydrogens (tertiary/aromatic N) is 3. The number of hydrogen-bond acceptors (Lipinski definition) is 4. The molecule has 0 atom stereocenters. The Morgan fingerprint density at radius 2 is 2.00 bits per heavy atom. The van der Waals surface area contributed by atoms with Gasteiger partial charge in [0.2, 0.25) is 0 Å². The number of nitrogens with one attached hydrogen (secondary N) is 1. The van der Waals surface area contributed by atoms with Crippen molar-refractivity contribution in [2.75, 3.05) is 0 Å². The summed E-state index contributed by atoms with van der Waals surface area (Å²) in [5.74, 6) is -1.03. The molecule has 0 radical (unpaired) electrons. The van der Waals surface area contributed by atoms with Gasteiger partial charge in [-0.15, -0.1) is 0 Å². The summed E-state index contributed by atoms with van der Waals surface area (Å²) >= 11 is 0. The summed E-state index contributed by atoms with van der Waals surface area (Å²) in [6.07, 6.45) is 5.67. The summed E-state index contributed by atoms with van der Waals surface area (Å²) in [5, 5.41) is 15.1. The lowest BCUT2D eigenvalue weighted by Crippen LogP contribution is -1.97. The molecule has 0 saturated heterocycles. The summed E-state index contributed by atoms with van der Waals surface area (Å²) in [6.45, 7) is 0. The van der Waals surface area contributed by atoms with E-state index in [9.17, 15) is 4.79 Å². The molecule has 0 amide bonds. The summed E-state index contributed by atoms with van der Waals surface area (Å²) in [6, 6.07) is 0. The Hall–Kier alpha value is -2.24. The number of carboxylic acid groups (broad SMARTS) is 1. The third-order valence-corrected chi connectivity index (χ3v) is 1.72. The van der Waals surface area contributed by atoms with Crippen LogP contribution >= 0.6 is 0 Å². The molecule has 6 heteroatoms. The van der Waals surface area contributed by atoms with Gasteiger partial charge in [-0.2, -0.15) is 5.10 Å². The molecule has 70 valence electrons. The van der Waals surface area contributed by atoms with E-state index in [1.165, 1.54) is 24.9 Å². The van der Waals surface area contributed by atoms with Gasteiger partial charge in [0.15, 0.2) is 0 Å². The van der Waals surface area contributed by atoms with Gasteiger partial charge in [-0.1, -0.05) is 0 Å². The fourth-order valence-corrected chi connectivity index (χ4v) is 1.10. The van der Waals surface area contributed by atoms with Gasteiger partial charge in [-0.3, -0.25) is 5.10 Å². The van der Waals surface area contributed by atoms with Crippen molar-refractivity contribution in [1.29, 1.82) is 0 Å². The zero-order valence-electron chi connectivity index (χ0n) is 7.01. The molecule has 0 aromatic carbocycles. The fourth-order valence-electron chi connectivity index (χ4n) is 1.10. The third-order valence-electron chi connectivity index (χ3n) is 1.72. The smallest absolute Gasteiger partial charge is 0.339 e. The number of aromatic amines is 1. The van der Waals surface area contributed by atoms with Crippen molar-refractivity contribution >= 4 is 5.97 Å². The molecule has 2 N–H and O–H groups in total. The molecule has 2 heterocycles. The lowest BCUT2D eigenvalue weighted by molar-refractivity contribution is 0.0698. The molecule has 0 aliphatic rings. The quantitative estimate of drug-likeness (QED) is 0.722. The maximum absolute atomic E-state index is 10.8. The highest BCUT2D eigenvalue weighted by Crippen LogP contribution is 2.18. The molecule has 0 saturated carbocycles. The van der Waals surface area contributed by atoms with Gasteiger partial charge in [-0.05, 0) is 0 Å². The van der Waals surface area contributed by atoms with E-state index in [0.29, 0.717) is 11.3 Å². The molecule has 14 heavy (non-hydrogen) atoms. The van der Waals surface area contributed by atoms with Gasteiger partial charge in [-0.25, -0.2) is 14.8 Å². The normalized spacial score (nSPS) is 10.0. The SMILES string of the molecule is O=C(O)c1cn[nH]c1-c1cncnc1. The minimum Gasteiger partial charge on any atom is -0.478 e. The van der Waals surface area contributed by atoms with Crippen molar-refractivity contribution in [1.82, 2.24) is 20.2 Å². The van der Waals surface area contributed by atoms with E-state index in [4.69, 9.17) is 5.11 Å². The Balaban J connectivity index is 2.52. The lowest BCUT2D eigenvalue weighted by Gasteiger charge is -1.96. The molecule has 2 aromatic heterocycles. The first-order chi connectivity index (χ1) is 6.79. The maximum Gasteiger partial charge on any atom is 0.339 e. The summed E-state index contributed by atoms with van der Waals surface area (Å²) in [7, 11) is 0. The predicted molar refractivity (Wildman–Crippen MR) is 46.6 cm³/mol. The molecule has 0 aliphatic heterocycles. The second-order valence-corrected chi connectivity index (χ2v) is 2.59. The Morgan fingerprint density at radius 3 is 2.64 bits per heavy atom. The number of aromatic carboxylic acids is 1. The van der Waals surface area contributed by atoms with E-state index in [2.05, 4.69) is 20.2 Å². The fraction of sp³-hybridized carbons (Fsp3) is 0. The van der Waals surface area contributed by atoms with Crippen molar-refractivity contribution in [3.63, 3.8) is 0 Å². The van der Waals surface area contributed by atoms with Crippen molar-refractivity contribution in [2.45, 2.75) is 0 Å². The van der Waals surface area contributed by atoms with Crippen LogP contribution in [0.2, 0.25) is 0 Å². The Labute approximate surface area is 78.6 Å². The van der Waals surface area contributed by atoms with Gasteiger partial charge in [0.25, 0.3) is 0 Å².